The van der Waals surface area contributed by atoms with Crippen LogP contribution in [0.5, 0.6) is 11.5 Å². The predicted octanol–water partition coefficient (Wildman–Crippen LogP) is 2.86. The van der Waals surface area contributed by atoms with E-state index >= 15 is 0 Å². The molecule has 0 radical (unpaired) electrons. The van der Waals surface area contributed by atoms with Crippen LogP contribution in [0.4, 0.5) is 4.39 Å². The third-order valence-electron chi connectivity index (χ3n) is 3.52. The molecule has 3 rings (SSSR count). The van der Waals surface area contributed by atoms with E-state index in [1.165, 1.54) is 18.2 Å². The molecule has 2 aromatic carbocycles. The van der Waals surface area contributed by atoms with Gasteiger partial charge in [0.15, 0.2) is 5.78 Å². The van der Waals surface area contributed by atoms with Crippen molar-refractivity contribution in [1.82, 2.24) is 0 Å². The number of carbonyl (C=O) groups is 1. The second-order valence-corrected chi connectivity index (χ2v) is 5.87. The smallest absolute Gasteiger partial charge is 0.164 e. The fraction of sp³-hybridized carbons (Fsp3) is 0.125. The minimum atomic E-state index is -2.52. The molecule has 0 aliphatic heterocycles. The van der Waals surface area contributed by atoms with Crippen molar-refractivity contribution in [2.24, 2.45) is 0 Å². The Labute approximate surface area is 133 Å². The van der Waals surface area contributed by atoms with Crippen molar-refractivity contribution in [2.45, 2.75) is 17.7 Å². The van der Waals surface area contributed by atoms with E-state index in [9.17, 15) is 17.9 Å². The van der Waals surface area contributed by atoms with E-state index in [1.54, 1.807) is 0 Å². The van der Waals surface area contributed by atoms with Crippen LogP contribution >= 0.6 is 0 Å². The number of nitrogens with zero attached hydrogens (tertiary/aromatic N) is 1. The highest BCUT2D eigenvalue weighted by Gasteiger charge is 2.27. The van der Waals surface area contributed by atoms with Crippen molar-refractivity contribution >= 4 is 16.9 Å². The van der Waals surface area contributed by atoms with Crippen molar-refractivity contribution < 1.29 is 22.7 Å². The lowest BCUT2D eigenvalue weighted by atomic mass is 10.1. The van der Waals surface area contributed by atoms with E-state index in [2.05, 4.69) is 0 Å². The SMILES string of the molecule is N#Cc1cc(F)cc(Oc2ccc(S(=O)[O-])c3c2CCC3=O)c1. The summed E-state index contributed by atoms with van der Waals surface area (Å²) in [4.78, 5) is 11.9. The van der Waals surface area contributed by atoms with Gasteiger partial charge in [-0.1, -0.05) is 0 Å². The summed E-state index contributed by atoms with van der Waals surface area (Å²) >= 11 is -2.52. The summed E-state index contributed by atoms with van der Waals surface area (Å²) in [5, 5.41) is 8.85. The molecular weight excluding hydrogens is 321 g/mol. The third-order valence-corrected chi connectivity index (χ3v) is 4.22. The summed E-state index contributed by atoms with van der Waals surface area (Å²) in [7, 11) is 0. The molecule has 0 N–H and O–H groups in total. The van der Waals surface area contributed by atoms with Gasteiger partial charge >= 0.3 is 0 Å². The average Bonchev–Trinajstić information content (AvgIpc) is 2.89. The monoisotopic (exact) mass is 330 g/mol. The molecule has 0 fully saturated rings. The first-order valence-corrected chi connectivity index (χ1v) is 7.74. The molecule has 7 heteroatoms. The lowest BCUT2D eigenvalue weighted by molar-refractivity contribution is 0.0991. The number of ether oxygens (including phenoxy) is 1. The summed E-state index contributed by atoms with van der Waals surface area (Å²) in [5.74, 6) is -0.487. The van der Waals surface area contributed by atoms with E-state index in [0.717, 1.165) is 12.1 Å². The number of nitriles is 1. The lowest BCUT2D eigenvalue weighted by Gasteiger charge is -2.14. The van der Waals surface area contributed by atoms with Crippen LogP contribution in [0.3, 0.4) is 0 Å². The van der Waals surface area contributed by atoms with E-state index in [-0.39, 0.29) is 39.7 Å². The summed E-state index contributed by atoms with van der Waals surface area (Å²) in [6.45, 7) is 0. The Morgan fingerprint density at radius 2 is 2.04 bits per heavy atom. The van der Waals surface area contributed by atoms with Crippen LogP contribution in [-0.4, -0.2) is 14.5 Å². The Hall–Kier alpha value is -2.56. The van der Waals surface area contributed by atoms with Gasteiger partial charge in [0.05, 0.1) is 11.6 Å². The molecule has 0 spiro atoms. The largest absolute Gasteiger partial charge is 0.768 e. The van der Waals surface area contributed by atoms with Crippen LogP contribution < -0.4 is 4.74 Å². The molecule has 1 aliphatic carbocycles. The average molecular weight is 330 g/mol. The molecule has 116 valence electrons. The second-order valence-electron chi connectivity index (χ2n) is 4.96. The van der Waals surface area contributed by atoms with Gasteiger partial charge in [-0.2, -0.15) is 5.26 Å². The highest BCUT2D eigenvalue weighted by Crippen LogP contribution is 2.37. The zero-order valence-corrected chi connectivity index (χ0v) is 12.5. The van der Waals surface area contributed by atoms with Crippen LogP contribution in [0.2, 0.25) is 0 Å². The minimum Gasteiger partial charge on any atom is -0.768 e. The van der Waals surface area contributed by atoms with E-state index in [4.69, 9.17) is 10.00 Å². The minimum absolute atomic E-state index is 0.0631. The molecule has 2 aromatic rings. The topological polar surface area (TPSA) is 90.2 Å². The van der Waals surface area contributed by atoms with Gasteiger partial charge in [0.2, 0.25) is 0 Å². The molecule has 1 atom stereocenters. The fourth-order valence-electron chi connectivity index (χ4n) is 2.57. The first-order valence-electron chi connectivity index (χ1n) is 6.66. The van der Waals surface area contributed by atoms with Crippen molar-refractivity contribution in [3.05, 3.63) is 52.8 Å². The maximum absolute atomic E-state index is 13.5. The highest BCUT2D eigenvalue weighted by molar-refractivity contribution is 7.79. The highest BCUT2D eigenvalue weighted by atomic mass is 32.2. The summed E-state index contributed by atoms with van der Waals surface area (Å²) in [6, 6.07) is 8.09. The van der Waals surface area contributed by atoms with E-state index in [0.29, 0.717) is 12.0 Å². The van der Waals surface area contributed by atoms with Crippen LogP contribution in [0.25, 0.3) is 0 Å². The van der Waals surface area contributed by atoms with Gasteiger partial charge < -0.3 is 9.29 Å². The Morgan fingerprint density at radius 3 is 2.74 bits per heavy atom. The Bertz CT molecular complexity index is 888. The zero-order chi connectivity index (χ0) is 16.6. The normalized spacial score (nSPS) is 14.2. The predicted molar refractivity (Wildman–Crippen MR) is 77.5 cm³/mol. The van der Waals surface area contributed by atoms with Crippen molar-refractivity contribution in [3.63, 3.8) is 0 Å². The Balaban J connectivity index is 2.06. The Kier molecular flexibility index (Phi) is 3.94. The number of ketones is 1. The van der Waals surface area contributed by atoms with Gasteiger partial charge in [-0.05, 0) is 41.8 Å². The zero-order valence-electron chi connectivity index (χ0n) is 11.7. The Morgan fingerprint density at radius 1 is 1.26 bits per heavy atom. The number of hydrogen-bond acceptors (Lipinski definition) is 5. The maximum Gasteiger partial charge on any atom is 0.164 e. The second kappa shape index (κ2) is 5.91. The molecule has 5 nitrogen and oxygen atoms in total. The molecule has 0 aromatic heterocycles. The van der Waals surface area contributed by atoms with Crippen LogP contribution in [0.15, 0.2) is 35.2 Å². The molecule has 0 saturated heterocycles. The number of fused-ring (bicyclic) bond motifs is 1. The first kappa shape index (κ1) is 15.3. The number of hydrogen-bond donors (Lipinski definition) is 0. The summed E-state index contributed by atoms with van der Waals surface area (Å²) in [6.07, 6.45) is 0.557. The van der Waals surface area contributed by atoms with Gasteiger partial charge in [-0.15, -0.1) is 0 Å². The van der Waals surface area contributed by atoms with Crippen LogP contribution in [0.1, 0.15) is 27.9 Å². The number of benzene rings is 2. The lowest BCUT2D eigenvalue weighted by Crippen LogP contribution is -2.02. The van der Waals surface area contributed by atoms with Crippen molar-refractivity contribution in [1.29, 1.82) is 5.26 Å². The summed E-state index contributed by atoms with van der Waals surface area (Å²) in [5.41, 5.74) is 0.720. The van der Waals surface area contributed by atoms with Gasteiger partial charge in [0.1, 0.15) is 17.3 Å². The van der Waals surface area contributed by atoms with Crippen molar-refractivity contribution in [2.75, 3.05) is 0 Å². The maximum atomic E-state index is 13.5. The molecule has 0 heterocycles. The molecule has 0 bridgehead atoms. The molecule has 0 saturated carbocycles. The standard InChI is InChI=1S/C16H10FNO4S/c17-10-5-9(8-18)6-11(7-10)22-14-3-4-15(23(20)21)16-12(14)1-2-13(16)19/h3-7H,1-2H2,(H,20,21)/p-1. The van der Waals surface area contributed by atoms with Gasteiger partial charge in [0.25, 0.3) is 0 Å². The number of carbonyl (C=O) groups excluding carboxylic acids is 1. The summed E-state index contributed by atoms with van der Waals surface area (Å²) < 4.78 is 41.5. The van der Waals surface area contributed by atoms with Gasteiger partial charge in [-0.25, -0.2) is 4.39 Å². The van der Waals surface area contributed by atoms with E-state index < -0.39 is 16.9 Å². The number of Topliss-reactive ketones (excluding diaryl/α,β-unsaturated/α-hetero) is 1. The van der Waals surface area contributed by atoms with Crippen LogP contribution in [0, 0.1) is 17.1 Å². The number of halogens is 1. The quantitative estimate of drug-likeness (QED) is 0.807. The third kappa shape index (κ3) is 2.86. The van der Waals surface area contributed by atoms with E-state index in [1.807, 2.05) is 6.07 Å². The molecule has 0 amide bonds. The molecule has 1 unspecified atom stereocenters. The van der Waals surface area contributed by atoms with Gasteiger partial charge in [-0.3, -0.25) is 9.00 Å². The molecule has 1 aliphatic rings. The fourth-order valence-corrected chi connectivity index (χ4v) is 3.16. The van der Waals surface area contributed by atoms with Crippen molar-refractivity contribution in [3.8, 4) is 17.6 Å². The molecular formula is C16H9FNO4S-. The molecule has 23 heavy (non-hydrogen) atoms. The number of rotatable bonds is 3. The van der Waals surface area contributed by atoms with Crippen LogP contribution in [-0.2, 0) is 17.5 Å². The van der Waals surface area contributed by atoms with Gasteiger partial charge in [0, 0.05) is 28.5 Å². The first-order chi connectivity index (χ1) is 11.0.